The number of rotatable bonds is 9. The van der Waals surface area contributed by atoms with Gasteiger partial charge in [0.05, 0.1) is 23.1 Å². The van der Waals surface area contributed by atoms with Crippen LogP contribution in [0, 0.1) is 0 Å². The van der Waals surface area contributed by atoms with E-state index in [4.69, 9.17) is 16.3 Å². The summed E-state index contributed by atoms with van der Waals surface area (Å²) in [6.45, 7) is 4.63. The highest BCUT2D eigenvalue weighted by atomic mass is 35.5. The second kappa shape index (κ2) is 10.7. The Labute approximate surface area is 212 Å². The highest BCUT2D eigenvalue weighted by Gasteiger charge is 2.27. The first-order valence-electron chi connectivity index (χ1n) is 11.0. The Bertz CT molecular complexity index is 1200. The molecule has 1 unspecified atom stereocenters. The topological polar surface area (TPSA) is 90.5 Å². The van der Waals surface area contributed by atoms with Crippen molar-refractivity contribution in [2.75, 3.05) is 29.6 Å². The van der Waals surface area contributed by atoms with Gasteiger partial charge in [-0.15, -0.1) is 18.3 Å². The molecular weight excluding hydrogens is 491 g/mol. The largest absolute Gasteiger partial charge is 0.445 e. The summed E-state index contributed by atoms with van der Waals surface area (Å²) in [7, 11) is 0. The first-order chi connectivity index (χ1) is 16.8. The number of anilines is 2. The van der Waals surface area contributed by atoms with Crippen LogP contribution in [0.4, 0.5) is 15.9 Å². The number of nitrogens with one attached hydrogen (secondary N) is 2. The minimum absolute atomic E-state index is 0.173. The number of nitrogens with zero attached hydrogens (tertiary/aromatic N) is 2. The van der Waals surface area contributed by atoms with E-state index < -0.39 is 11.4 Å². The molecule has 1 saturated heterocycles. The standard InChI is InChI=1S/C25H26ClFN4O3S/c1-3-11-25(26,27)34-19-6-4-17(5-7-19)29-24(33)16-13-20(21-8-9-22(30-21)35-2)23(28-14-16)31-12-10-18(32)15-31/h3-9,13-14,18,30,32H,1,10-12,15H2,2H3,(H,29,33)/t18-,25?/m1/s1. The minimum atomic E-state index is -2.38. The Hall–Kier alpha value is -3.01. The number of alkyl halides is 2. The summed E-state index contributed by atoms with van der Waals surface area (Å²) >= 11 is 7.25. The highest BCUT2D eigenvalue weighted by Crippen LogP contribution is 2.33. The molecule has 0 spiro atoms. The van der Waals surface area contributed by atoms with Crippen LogP contribution >= 0.6 is 23.4 Å². The number of aliphatic hydroxyl groups is 1. The molecule has 1 aliphatic rings. The third-order valence-electron chi connectivity index (χ3n) is 5.52. The van der Waals surface area contributed by atoms with Gasteiger partial charge in [0.1, 0.15) is 11.6 Å². The van der Waals surface area contributed by atoms with Crippen LogP contribution in [0.25, 0.3) is 11.3 Å². The van der Waals surface area contributed by atoms with E-state index in [2.05, 4.69) is 21.9 Å². The number of β-amino-alcohol motifs (C(OH)–C–C–N with tert-alkyl or cyclic N) is 1. The second-order valence-electron chi connectivity index (χ2n) is 8.13. The van der Waals surface area contributed by atoms with E-state index in [1.165, 1.54) is 24.4 Å². The van der Waals surface area contributed by atoms with E-state index in [1.54, 1.807) is 30.0 Å². The van der Waals surface area contributed by atoms with Gasteiger partial charge in [-0.2, -0.15) is 4.39 Å². The van der Waals surface area contributed by atoms with Crippen molar-refractivity contribution in [3.63, 3.8) is 0 Å². The summed E-state index contributed by atoms with van der Waals surface area (Å²) in [5.74, 6) is 0.588. The molecule has 2 aromatic heterocycles. The average molecular weight is 517 g/mol. The first kappa shape index (κ1) is 25.1. The van der Waals surface area contributed by atoms with Crippen molar-refractivity contribution in [1.29, 1.82) is 0 Å². The number of aromatic amines is 1. The zero-order valence-corrected chi connectivity index (χ0v) is 20.7. The number of amides is 1. The molecule has 4 rings (SSSR count). The van der Waals surface area contributed by atoms with Gasteiger partial charge in [-0.05, 0) is 66.7 Å². The van der Waals surface area contributed by atoms with Crippen molar-refractivity contribution < 1.29 is 19.0 Å². The molecule has 1 aromatic carbocycles. The van der Waals surface area contributed by atoms with Crippen LogP contribution in [0.2, 0.25) is 0 Å². The Morgan fingerprint density at radius 3 is 2.83 bits per heavy atom. The average Bonchev–Trinajstić information content (AvgIpc) is 3.49. The molecule has 2 atom stereocenters. The smallest absolute Gasteiger partial charge is 0.330 e. The first-order valence-corrected chi connectivity index (χ1v) is 12.6. The lowest BCUT2D eigenvalue weighted by Crippen LogP contribution is -2.23. The number of H-pyrrole nitrogens is 1. The maximum absolute atomic E-state index is 14.1. The number of aromatic nitrogens is 2. The van der Waals surface area contributed by atoms with Crippen LogP contribution in [-0.4, -0.2) is 51.7 Å². The van der Waals surface area contributed by atoms with E-state index in [9.17, 15) is 14.3 Å². The maximum atomic E-state index is 14.1. The van der Waals surface area contributed by atoms with Crippen molar-refractivity contribution in [3.05, 3.63) is 66.9 Å². The van der Waals surface area contributed by atoms with Gasteiger partial charge in [0.2, 0.25) is 0 Å². The molecule has 184 valence electrons. The quantitative estimate of drug-likeness (QED) is 0.199. The van der Waals surface area contributed by atoms with E-state index in [0.29, 0.717) is 36.6 Å². The molecule has 0 bridgehead atoms. The molecule has 3 heterocycles. The maximum Gasteiger partial charge on any atom is 0.330 e. The number of hydrogen-bond acceptors (Lipinski definition) is 6. The van der Waals surface area contributed by atoms with Crippen molar-refractivity contribution >= 4 is 40.8 Å². The summed E-state index contributed by atoms with van der Waals surface area (Å²) in [4.78, 5) is 23.0. The number of halogens is 2. The summed E-state index contributed by atoms with van der Waals surface area (Å²) in [6, 6.07) is 11.9. The SMILES string of the molecule is C=CCC(F)(Cl)Oc1ccc(NC(=O)c2cnc(N3CC[C@@H](O)C3)c(-c3ccc(SC)[nH]3)c2)cc1. The molecule has 35 heavy (non-hydrogen) atoms. The molecule has 0 saturated carbocycles. The van der Waals surface area contributed by atoms with Gasteiger partial charge in [-0.3, -0.25) is 4.79 Å². The van der Waals surface area contributed by atoms with Crippen LogP contribution in [0.5, 0.6) is 5.75 Å². The van der Waals surface area contributed by atoms with E-state index in [-0.39, 0.29) is 18.1 Å². The van der Waals surface area contributed by atoms with Crippen molar-refractivity contribution in [3.8, 4) is 17.0 Å². The predicted octanol–water partition coefficient (Wildman–Crippen LogP) is 5.44. The predicted molar refractivity (Wildman–Crippen MR) is 138 cm³/mol. The van der Waals surface area contributed by atoms with Crippen LogP contribution in [0.15, 0.2) is 66.3 Å². The van der Waals surface area contributed by atoms with Crippen LogP contribution in [0.1, 0.15) is 23.2 Å². The highest BCUT2D eigenvalue weighted by molar-refractivity contribution is 7.98. The molecule has 1 aliphatic heterocycles. The van der Waals surface area contributed by atoms with Crippen LogP contribution < -0.4 is 15.0 Å². The zero-order valence-electron chi connectivity index (χ0n) is 19.1. The summed E-state index contributed by atoms with van der Waals surface area (Å²) < 4.78 is 19.2. The molecule has 7 nitrogen and oxygen atoms in total. The van der Waals surface area contributed by atoms with Gasteiger partial charge in [-0.25, -0.2) is 4.98 Å². The fourth-order valence-electron chi connectivity index (χ4n) is 3.81. The fraction of sp³-hybridized carbons (Fsp3) is 0.280. The van der Waals surface area contributed by atoms with Gasteiger partial charge in [0, 0.05) is 36.2 Å². The lowest BCUT2D eigenvalue weighted by Gasteiger charge is -2.20. The molecule has 1 fully saturated rings. The second-order valence-corrected chi connectivity index (χ2v) is 9.55. The Kier molecular flexibility index (Phi) is 7.69. The van der Waals surface area contributed by atoms with Gasteiger partial charge < -0.3 is 25.0 Å². The van der Waals surface area contributed by atoms with E-state index >= 15 is 0 Å². The third kappa shape index (κ3) is 6.17. The van der Waals surface area contributed by atoms with Crippen molar-refractivity contribution in [2.45, 2.75) is 29.3 Å². The van der Waals surface area contributed by atoms with Gasteiger partial charge in [-0.1, -0.05) is 6.08 Å². The lowest BCUT2D eigenvalue weighted by atomic mass is 10.1. The number of aliphatic hydroxyl groups excluding tert-OH is 1. The van der Waals surface area contributed by atoms with Gasteiger partial charge in [0.25, 0.3) is 5.91 Å². The lowest BCUT2D eigenvalue weighted by molar-refractivity contribution is 0.0244. The number of pyridine rings is 1. The van der Waals surface area contributed by atoms with Crippen molar-refractivity contribution in [1.82, 2.24) is 9.97 Å². The number of carbonyl (C=O) groups excluding carboxylic acids is 1. The number of ether oxygens (including phenoxy) is 1. The Morgan fingerprint density at radius 2 is 2.20 bits per heavy atom. The molecule has 0 aliphatic carbocycles. The molecule has 10 heteroatoms. The molecule has 3 N–H and O–H groups in total. The van der Waals surface area contributed by atoms with Crippen LogP contribution in [0.3, 0.4) is 0 Å². The number of thioether (sulfide) groups is 1. The molecule has 3 aromatic rings. The van der Waals surface area contributed by atoms with Crippen molar-refractivity contribution in [2.24, 2.45) is 0 Å². The molecule has 0 radical (unpaired) electrons. The summed E-state index contributed by atoms with van der Waals surface area (Å²) in [5, 5.41) is 11.4. The van der Waals surface area contributed by atoms with Gasteiger partial charge >= 0.3 is 5.31 Å². The normalized spacial score (nSPS) is 17.1. The monoisotopic (exact) mass is 516 g/mol. The molecular formula is C25H26ClFN4O3S. The van der Waals surface area contributed by atoms with Crippen LogP contribution in [-0.2, 0) is 0 Å². The fourth-order valence-corrected chi connectivity index (χ4v) is 4.42. The number of hydrogen-bond donors (Lipinski definition) is 3. The molecule has 1 amide bonds. The van der Waals surface area contributed by atoms with Gasteiger partial charge in [0.15, 0.2) is 0 Å². The zero-order chi connectivity index (χ0) is 25.0. The van der Waals surface area contributed by atoms with E-state index in [1.807, 2.05) is 23.3 Å². The Morgan fingerprint density at radius 1 is 1.43 bits per heavy atom. The summed E-state index contributed by atoms with van der Waals surface area (Å²) in [5.41, 5.74) is 2.49. The summed E-state index contributed by atoms with van der Waals surface area (Å²) in [6.07, 6.45) is 4.93. The minimum Gasteiger partial charge on any atom is -0.445 e. The third-order valence-corrected chi connectivity index (χ3v) is 6.43. The van der Waals surface area contributed by atoms with E-state index in [0.717, 1.165) is 16.3 Å². The number of carbonyl (C=O) groups is 1. The number of benzene rings is 1. The Balaban J connectivity index is 1.54.